The molecule has 2 atom stereocenters. The molecule has 3 aromatic rings. The fraction of sp³-hybridized carbons (Fsp3) is 0.280. The van der Waals surface area contributed by atoms with Crippen molar-refractivity contribution < 1.29 is 19.1 Å². The zero-order valence-electron chi connectivity index (χ0n) is 18.0. The molecule has 2 amide bonds. The molecule has 164 valence electrons. The molecule has 0 fully saturated rings. The van der Waals surface area contributed by atoms with Gasteiger partial charge in [0.1, 0.15) is 0 Å². The van der Waals surface area contributed by atoms with Crippen LogP contribution in [0.4, 0.5) is 0 Å². The van der Waals surface area contributed by atoms with Gasteiger partial charge in [0.05, 0.1) is 32.7 Å². The number of hydrogen-bond donors (Lipinski definition) is 1. The SMILES string of the molecule is COc1cc2c(cc1OC)[C@@H]1[C@H](C(=O)NCc3cccs3)c3ccccc3C(=O)N1CC2. The van der Waals surface area contributed by atoms with E-state index in [2.05, 4.69) is 5.32 Å². The zero-order valence-corrected chi connectivity index (χ0v) is 18.8. The van der Waals surface area contributed by atoms with E-state index in [0.29, 0.717) is 36.6 Å². The third-order valence-corrected chi connectivity index (χ3v) is 7.20. The van der Waals surface area contributed by atoms with Crippen LogP contribution in [-0.4, -0.2) is 37.5 Å². The van der Waals surface area contributed by atoms with Crippen molar-refractivity contribution in [1.82, 2.24) is 10.2 Å². The topological polar surface area (TPSA) is 67.9 Å². The molecule has 0 unspecified atom stereocenters. The maximum absolute atomic E-state index is 13.6. The minimum atomic E-state index is -0.513. The Hall–Kier alpha value is -3.32. The molecule has 0 saturated heterocycles. The van der Waals surface area contributed by atoms with Gasteiger partial charge in [0.15, 0.2) is 11.5 Å². The van der Waals surface area contributed by atoms with E-state index in [1.54, 1.807) is 25.6 Å². The Morgan fingerprint density at radius 3 is 2.62 bits per heavy atom. The first kappa shape index (κ1) is 20.6. The molecule has 0 spiro atoms. The highest BCUT2D eigenvalue weighted by molar-refractivity contribution is 7.09. The zero-order chi connectivity index (χ0) is 22.2. The molecule has 0 bridgehead atoms. The van der Waals surface area contributed by atoms with Gasteiger partial charge < -0.3 is 19.7 Å². The first-order chi connectivity index (χ1) is 15.6. The molecule has 1 N–H and O–H groups in total. The molecule has 32 heavy (non-hydrogen) atoms. The highest BCUT2D eigenvalue weighted by Gasteiger charge is 2.46. The Bertz CT molecular complexity index is 1170. The Labute approximate surface area is 190 Å². The molecule has 0 radical (unpaired) electrons. The summed E-state index contributed by atoms with van der Waals surface area (Å²) in [5.74, 6) is 0.614. The quantitative estimate of drug-likeness (QED) is 0.643. The molecular formula is C25H24N2O4S. The van der Waals surface area contributed by atoms with Crippen LogP contribution < -0.4 is 14.8 Å². The van der Waals surface area contributed by atoms with Crippen molar-refractivity contribution in [3.8, 4) is 11.5 Å². The smallest absolute Gasteiger partial charge is 0.254 e. The van der Waals surface area contributed by atoms with Crippen LogP contribution in [0.15, 0.2) is 53.9 Å². The van der Waals surface area contributed by atoms with E-state index in [0.717, 1.165) is 21.6 Å². The number of amides is 2. The number of rotatable bonds is 5. The highest BCUT2D eigenvalue weighted by Crippen LogP contribution is 2.48. The van der Waals surface area contributed by atoms with Crippen LogP contribution in [-0.2, 0) is 17.8 Å². The van der Waals surface area contributed by atoms with Crippen LogP contribution in [0.25, 0.3) is 0 Å². The number of fused-ring (bicyclic) bond motifs is 4. The van der Waals surface area contributed by atoms with Crippen LogP contribution >= 0.6 is 11.3 Å². The second kappa shape index (κ2) is 8.31. The van der Waals surface area contributed by atoms with Crippen LogP contribution in [0.5, 0.6) is 11.5 Å². The van der Waals surface area contributed by atoms with Gasteiger partial charge in [0.25, 0.3) is 5.91 Å². The molecule has 2 aromatic carbocycles. The van der Waals surface area contributed by atoms with Crippen molar-refractivity contribution in [2.75, 3.05) is 20.8 Å². The monoisotopic (exact) mass is 448 g/mol. The minimum Gasteiger partial charge on any atom is -0.493 e. The van der Waals surface area contributed by atoms with E-state index >= 15 is 0 Å². The number of hydrogen-bond acceptors (Lipinski definition) is 5. The number of nitrogens with zero attached hydrogens (tertiary/aromatic N) is 1. The van der Waals surface area contributed by atoms with E-state index in [-0.39, 0.29) is 11.8 Å². The van der Waals surface area contributed by atoms with E-state index < -0.39 is 12.0 Å². The van der Waals surface area contributed by atoms with E-state index in [1.165, 1.54) is 0 Å². The maximum atomic E-state index is 13.6. The van der Waals surface area contributed by atoms with Gasteiger partial charge in [-0.3, -0.25) is 9.59 Å². The van der Waals surface area contributed by atoms with Crippen LogP contribution in [0.1, 0.15) is 43.9 Å². The van der Waals surface area contributed by atoms with Gasteiger partial charge in [-0.25, -0.2) is 0 Å². The number of ether oxygens (including phenoxy) is 2. The van der Waals surface area contributed by atoms with Gasteiger partial charge in [-0.05, 0) is 52.8 Å². The van der Waals surface area contributed by atoms with Crippen LogP contribution in [0, 0.1) is 0 Å². The first-order valence-corrected chi connectivity index (χ1v) is 11.4. The summed E-state index contributed by atoms with van der Waals surface area (Å²) in [6.45, 7) is 1.02. The number of thiophene rings is 1. The first-order valence-electron chi connectivity index (χ1n) is 10.6. The van der Waals surface area contributed by atoms with E-state index in [4.69, 9.17) is 9.47 Å². The molecule has 6 nitrogen and oxygen atoms in total. The normalized spacial score (nSPS) is 18.9. The number of carbonyl (C=O) groups is 2. The van der Waals surface area contributed by atoms with Crippen LogP contribution in [0.2, 0.25) is 0 Å². The second-order valence-corrected chi connectivity index (χ2v) is 8.99. The molecule has 1 aromatic heterocycles. The average molecular weight is 449 g/mol. The fourth-order valence-corrected chi connectivity index (χ4v) is 5.48. The predicted octanol–water partition coefficient (Wildman–Crippen LogP) is 3.92. The summed E-state index contributed by atoms with van der Waals surface area (Å²) in [5, 5.41) is 5.10. The van der Waals surface area contributed by atoms with Gasteiger partial charge in [-0.2, -0.15) is 0 Å². The van der Waals surface area contributed by atoms with Crippen molar-refractivity contribution in [2.24, 2.45) is 0 Å². The fourth-order valence-electron chi connectivity index (χ4n) is 4.83. The van der Waals surface area contributed by atoms with Crippen molar-refractivity contribution >= 4 is 23.2 Å². The summed E-state index contributed by atoms with van der Waals surface area (Å²) >= 11 is 1.61. The lowest BCUT2D eigenvalue weighted by molar-refractivity contribution is -0.124. The molecular weight excluding hydrogens is 424 g/mol. The molecule has 0 saturated carbocycles. The van der Waals surface area contributed by atoms with Crippen molar-refractivity contribution in [1.29, 1.82) is 0 Å². The minimum absolute atomic E-state index is 0.0339. The lowest BCUT2D eigenvalue weighted by Crippen LogP contribution is -2.50. The Morgan fingerprint density at radius 2 is 1.88 bits per heavy atom. The average Bonchev–Trinajstić information content (AvgIpc) is 3.35. The third-order valence-electron chi connectivity index (χ3n) is 6.32. The van der Waals surface area contributed by atoms with Gasteiger partial charge in [-0.15, -0.1) is 11.3 Å². The van der Waals surface area contributed by atoms with Crippen molar-refractivity contribution in [2.45, 2.75) is 24.9 Å². The standard InChI is InChI=1S/C25H24N2O4S/c1-30-20-12-15-9-10-27-23(19(15)13-21(20)31-2)22(17-7-3-4-8-18(17)25(27)29)24(28)26-14-16-6-5-11-32-16/h3-8,11-13,22-23H,9-10,14H2,1-2H3,(H,26,28)/t22-,23-/m1/s1. The van der Waals surface area contributed by atoms with E-state index in [9.17, 15) is 9.59 Å². The lowest BCUT2D eigenvalue weighted by Gasteiger charge is -2.45. The highest BCUT2D eigenvalue weighted by atomic mass is 32.1. The molecule has 2 aliphatic rings. The number of nitrogens with one attached hydrogen (secondary N) is 1. The number of methoxy groups -OCH3 is 2. The molecule has 7 heteroatoms. The summed E-state index contributed by atoms with van der Waals surface area (Å²) in [7, 11) is 3.21. The summed E-state index contributed by atoms with van der Waals surface area (Å²) in [6, 6.07) is 14.9. The predicted molar refractivity (Wildman–Crippen MR) is 122 cm³/mol. The van der Waals surface area contributed by atoms with Crippen molar-refractivity contribution in [3.63, 3.8) is 0 Å². The molecule has 0 aliphatic carbocycles. The number of carbonyl (C=O) groups excluding carboxylic acids is 2. The molecule has 5 rings (SSSR count). The Morgan fingerprint density at radius 1 is 1.09 bits per heavy atom. The third kappa shape index (κ3) is 3.33. The molecule has 2 aliphatic heterocycles. The number of benzene rings is 2. The largest absolute Gasteiger partial charge is 0.493 e. The lowest BCUT2D eigenvalue weighted by atomic mass is 9.75. The summed E-state index contributed by atoms with van der Waals surface area (Å²) in [5.41, 5.74) is 3.38. The van der Waals surface area contributed by atoms with E-state index in [1.807, 2.05) is 58.8 Å². The van der Waals surface area contributed by atoms with Gasteiger partial charge in [0.2, 0.25) is 5.91 Å². The van der Waals surface area contributed by atoms with Gasteiger partial charge in [0, 0.05) is 17.0 Å². The summed E-state index contributed by atoms with van der Waals surface area (Å²) < 4.78 is 11.0. The maximum Gasteiger partial charge on any atom is 0.254 e. The summed E-state index contributed by atoms with van der Waals surface area (Å²) in [6.07, 6.45) is 0.698. The summed E-state index contributed by atoms with van der Waals surface area (Å²) in [4.78, 5) is 29.9. The van der Waals surface area contributed by atoms with Crippen LogP contribution in [0.3, 0.4) is 0 Å². The van der Waals surface area contributed by atoms with Gasteiger partial charge >= 0.3 is 0 Å². The molecule has 3 heterocycles. The van der Waals surface area contributed by atoms with Gasteiger partial charge in [-0.1, -0.05) is 24.3 Å². The Kier molecular flexibility index (Phi) is 5.35. The second-order valence-electron chi connectivity index (χ2n) is 7.96. The Balaban J connectivity index is 1.61. The van der Waals surface area contributed by atoms with Crippen molar-refractivity contribution in [3.05, 3.63) is 81.0 Å².